The fourth-order valence-corrected chi connectivity index (χ4v) is 1.70. The van der Waals surface area contributed by atoms with Gasteiger partial charge in [0.05, 0.1) is 12.3 Å². The second-order valence-corrected chi connectivity index (χ2v) is 3.89. The molecule has 86 valence electrons. The summed E-state index contributed by atoms with van der Waals surface area (Å²) >= 11 is 0. The zero-order valence-electron chi connectivity index (χ0n) is 9.68. The second kappa shape index (κ2) is 4.99. The molecule has 1 unspecified atom stereocenters. The van der Waals surface area contributed by atoms with Crippen molar-refractivity contribution in [2.75, 3.05) is 6.54 Å². The van der Waals surface area contributed by atoms with Gasteiger partial charge in [0.2, 0.25) is 0 Å². The zero-order chi connectivity index (χ0) is 11.4. The molecular formula is C12H17N3O. The second-order valence-electron chi connectivity index (χ2n) is 3.89. The first kappa shape index (κ1) is 11.0. The summed E-state index contributed by atoms with van der Waals surface area (Å²) in [6.45, 7) is 3.02. The van der Waals surface area contributed by atoms with Crippen LogP contribution in [0.1, 0.15) is 24.4 Å². The van der Waals surface area contributed by atoms with Crippen molar-refractivity contribution >= 4 is 0 Å². The molecule has 2 heterocycles. The number of rotatable bonds is 5. The van der Waals surface area contributed by atoms with Crippen molar-refractivity contribution in [3.63, 3.8) is 0 Å². The van der Waals surface area contributed by atoms with Gasteiger partial charge >= 0.3 is 0 Å². The van der Waals surface area contributed by atoms with Crippen LogP contribution in [0.2, 0.25) is 0 Å². The molecule has 0 fully saturated rings. The molecule has 0 aliphatic carbocycles. The minimum Gasteiger partial charge on any atom is -0.468 e. The van der Waals surface area contributed by atoms with Crippen LogP contribution < -0.4 is 5.32 Å². The van der Waals surface area contributed by atoms with Crippen molar-refractivity contribution in [1.82, 2.24) is 15.1 Å². The highest BCUT2D eigenvalue weighted by Gasteiger charge is 2.07. The smallest absolute Gasteiger partial charge is 0.120 e. The van der Waals surface area contributed by atoms with Crippen LogP contribution in [0, 0.1) is 0 Å². The van der Waals surface area contributed by atoms with Crippen LogP contribution in [0.5, 0.6) is 0 Å². The van der Waals surface area contributed by atoms with Crippen molar-refractivity contribution in [3.8, 4) is 0 Å². The summed E-state index contributed by atoms with van der Waals surface area (Å²) in [5, 5.41) is 7.55. The van der Waals surface area contributed by atoms with Crippen LogP contribution in [0.3, 0.4) is 0 Å². The summed E-state index contributed by atoms with van der Waals surface area (Å²) in [7, 11) is 1.96. The molecule has 0 aliphatic heterocycles. The summed E-state index contributed by atoms with van der Waals surface area (Å²) in [5.41, 5.74) is 1.24. The predicted molar refractivity (Wildman–Crippen MR) is 62.0 cm³/mol. The molecule has 1 N–H and O–H groups in total. The maximum atomic E-state index is 5.33. The molecule has 0 amide bonds. The molecule has 0 aliphatic rings. The highest BCUT2D eigenvalue weighted by atomic mass is 16.3. The molecule has 2 aromatic heterocycles. The number of furan rings is 1. The molecule has 4 nitrogen and oxygen atoms in total. The Balaban J connectivity index is 1.78. The average molecular weight is 219 g/mol. The number of hydrogen-bond acceptors (Lipinski definition) is 3. The van der Waals surface area contributed by atoms with Gasteiger partial charge in [0.15, 0.2) is 0 Å². The fraction of sp³-hybridized carbons (Fsp3) is 0.417. The molecular weight excluding hydrogens is 202 g/mol. The summed E-state index contributed by atoms with van der Waals surface area (Å²) in [6.07, 6.45) is 4.50. The van der Waals surface area contributed by atoms with Gasteiger partial charge in [0.25, 0.3) is 0 Å². The van der Waals surface area contributed by atoms with E-state index in [1.165, 1.54) is 5.69 Å². The molecule has 0 saturated heterocycles. The van der Waals surface area contributed by atoms with E-state index in [0.29, 0.717) is 0 Å². The molecule has 0 spiro atoms. The van der Waals surface area contributed by atoms with Gasteiger partial charge in [-0.3, -0.25) is 4.68 Å². The quantitative estimate of drug-likeness (QED) is 0.835. The van der Waals surface area contributed by atoms with Gasteiger partial charge < -0.3 is 9.73 Å². The maximum absolute atomic E-state index is 5.33. The van der Waals surface area contributed by atoms with E-state index in [-0.39, 0.29) is 6.04 Å². The highest BCUT2D eigenvalue weighted by molar-refractivity contribution is 5.04. The van der Waals surface area contributed by atoms with E-state index >= 15 is 0 Å². The number of aryl methyl sites for hydroxylation is 1. The Morgan fingerprint density at radius 3 is 3.00 bits per heavy atom. The topological polar surface area (TPSA) is 43.0 Å². The fourth-order valence-electron chi connectivity index (χ4n) is 1.70. The van der Waals surface area contributed by atoms with Crippen molar-refractivity contribution in [2.24, 2.45) is 7.05 Å². The molecule has 0 radical (unpaired) electrons. The van der Waals surface area contributed by atoms with Crippen LogP contribution in [0.4, 0.5) is 0 Å². The number of nitrogens with zero attached hydrogens (tertiary/aromatic N) is 2. The van der Waals surface area contributed by atoms with E-state index in [1.807, 2.05) is 36.1 Å². The summed E-state index contributed by atoms with van der Waals surface area (Å²) in [6, 6.07) is 6.19. The third kappa shape index (κ3) is 2.52. The van der Waals surface area contributed by atoms with Gasteiger partial charge in [0.1, 0.15) is 5.76 Å². The van der Waals surface area contributed by atoms with Gasteiger partial charge in [-0.05, 0) is 25.1 Å². The lowest BCUT2D eigenvalue weighted by molar-refractivity contribution is 0.431. The Labute approximate surface area is 95.3 Å². The van der Waals surface area contributed by atoms with Gasteiger partial charge in [-0.15, -0.1) is 0 Å². The third-order valence-electron chi connectivity index (χ3n) is 2.72. The molecule has 4 heteroatoms. The monoisotopic (exact) mass is 219 g/mol. The van der Waals surface area contributed by atoms with E-state index in [9.17, 15) is 0 Å². The Hall–Kier alpha value is -1.55. The van der Waals surface area contributed by atoms with Gasteiger partial charge in [-0.1, -0.05) is 0 Å². The number of aromatic nitrogens is 2. The van der Waals surface area contributed by atoms with Crippen LogP contribution in [0.25, 0.3) is 0 Å². The predicted octanol–water partition coefficient (Wildman–Crippen LogP) is 1.91. The Bertz CT molecular complexity index is 419. The number of hydrogen-bond donors (Lipinski definition) is 1. The summed E-state index contributed by atoms with van der Waals surface area (Å²) in [5.74, 6) is 0.977. The van der Waals surface area contributed by atoms with Gasteiger partial charge in [0, 0.05) is 31.9 Å². The van der Waals surface area contributed by atoms with E-state index in [4.69, 9.17) is 4.42 Å². The molecule has 2 rings (SSSR count). The first-order chi connectivity index (χ1) is 7.77. The van der Waals surface area contributed by atoms with Crippen LogP contribution in [0.15, 0.2) is 35.1 Å². The largest absolute Gasteiger partial charge is 0.468 e. The van der Waals surface area contributed by atoms with Crippen molar-refractivity contribution in [3.05, 3.63) is 42.1 Å². The van der Waals surface area contributed by atoms with Crippen molar-refractivity contribution in [1.29, 1.82) is 0 Å². The molecule has 0 aromatic carbocycles. The molecule has 16 heavy (non-hydrogen) atoms. The van der Waals surface area contributed by atoms with E-state index in [2.05, 4.69) is 17.3 Å². The van der Waals surface area contributed by atoms with Crippen molar-refractivity contribution < 1.29 is 4.42 Å². The lowest BCUT2D eigenvalue weighted by Gasteiger charge is -2.10. The zero-order valence-corrected chi connectivity index (χ0v) is 9.68. The lowest BCUT2D eigenvalue weighted by atomic mass is 10.2. The Kier molecular flexibility index (Phi) is 3.41. The lowest BCUT2D eigenvalue weighted by Crippen LogP contribution is -2.21. The highest BCUT2D eigenvalue weighted by Crippen LogP contribution is 2.11. The van der Waals surface area contributed by atoms with E-state index in [0.717, 1.165) is 18.7 Å². The Morgan fingerprint density at radius 2 is 2.38 bits per heavy atom. The normalized spacial score (nSPS) is 12.9. The first-order valence-electron chi connectivity index (χ1n) is 5.51. The Morgan fingerprint density at radius 1 is 1.50 bits per heavy atom. The van der Waals surface area contributed by atoms with Crippen LogP contribution >= 0.6 is 0 Å². The molecule has 0 saturated carbocycles. The minimum absolute atomic E-state index is 0.253. The van der Waals surface area contributed by atoms with Crippen LogP contribution in [-0.2, 0) is 13.5 Å². The van der Waals surface area contributed by atoms with E-state index in [1.54, 1.807) is 6.26 Å². The molecule has 2 aromatic rings. The first-order valence-corrected chi connectivity index (χ1v) is 5.51. The van der Waals surface area contributed by atoms with Gasteiger partial charge in [-0.2, -0.15) is 5.10 Å². The molecule has 1 atom stereocenters. The third-order valence-corrected chi connectivity index (χ3v) is 2.72. The van der Waals surface area contributed by atoms with Crippen molar-refractivity contribution in [2.45, 2.75) is 19.4 Å². The average Bonchev–Trinajstić information content (AvgIpc) is 2.90. The SMILES string of the molecule is CC(NCCc1ccnn1C)c1ccco1. The minimum atomic E-state index is 0.253. The van der Waals surface area contributed by atoms with E-state index < -0.39 is 0 Å². The maximum Gasteiger partial charge on any atom is 0.120 e. The van der Waals surface area contributed by atoms with Crippen LogP contribution in [-0.4, -0.2) is 16.3 Å². The standard InChI is InChI=1S/C12H17N3O/c1-10(12-4-3-9-16-12)13-7-5-11-6-8-14-15(11)2/h3-4,6,8-10,13H,5,7H2,1-2H3. The molecule has 0 bridgehead atoms. The number of nitrogens with one attached hydrogen (secondary N) is 1. The summed E-state index contributed by atoms with van der Waals surface area (Å²) < 4.78 is 7.23. The summed E-state index contributed by atoms with van der Waals surface area (Å²) in [4.78, 5) is 0. The van der Waals surface area contributed by atoms with Gasteiger partial charge in [-0.25, -0.2) is 0 Å².